The first-order chi connectivity index (χ1) is 16.0. The molecule has 0 amide bonds. The molecule has 0 bridgehead atoms. The summed E-state index contributed by atoms with van der Waals surface area (Å²) in [6.45, 7) is 10.4. The molecule has 4 rings (SSSR count). The Morgan fingerprint density at radius 3 is 2.55 bits per heavy atom. The Kier molecular flexibility index (Phi) is 6.59. The van der Waals surface area contributed by atoms with Crippen molar-refractivity contribution in [2.24, 2.45) is 4.99 Å². The lowest BCUT2D eigenvalue weighted by atomic mass is 10.1. The lowest BCUT2D eigenvalue weighted by Crippen LogP contribution is -2.05. The molecule has 0 aliphatic rings. The van der Waals surface area contributed by atoms with Gasteiger partial charge in [-0.1, -0.05) is 6.07 Å². The van der Waals surface area contributed by atoms with Crippen LogP contribution in [0, 0.1) is 20.8 Å². The average Bonchev–Trinajstić information content (AvgIpc) is 2.83. The molecule has 0 unspecified atom stereocenters. The van der Waals surface area contributed by atoms with Crippen LogP contribution in [0.2, 0.25) is 0 Å². The van der Waals surface area contributed by atoms with Crippen LogP contribution < -0.4 is 5.32 Å². The Bertz CT molecular complexity index is 1310. The van der Waals surface area contributed by atoms with Crippen molar-refractivity contribution in [1.29, 1.82) is 0 Å². The molecule has 0 radical (unpaired) electrons. The van der Waals surface area contributed by atoms with Gasteiger partial charge in [-0.2, -0.15) is 0 Å². The summed E-state index contributed by atoms with van der Waals surface area (Å²) in [5, 5.41) is 3.43. The summed E-state index contributed by atoms with van der Waals surface area (Å²) in [4.78, 5) is 26.0. The SMILES string of the molecule is C=N/C(=C\c1ccnc(NCc2cnc(-c3ccnc(C)c3)c(C)c2)c1C)c1cnccn1. The zero-order chi connectivity index (χ0) is 23.2. The molecule has 0 aliphatic heterocycles. The maximum absolute atomic E-state index is 4.70. The molecular weight excluding hydrogens is 410 g/mol. The number of aliphatic imine (C=N–C) groups is 1. The van der Waals surface area contributed by atoms with Crippen LogP contribution in [0.15, 0.2) is 66.4 Å². The van der Waals surface area contributed by atoms with Crippen LogP contribution in [-0.2, 0) is 6.54 Å². The highest BCUT2D eigenvalue weighted by atomic mass is 15.0. The predicted molar refractivity (Wildman–Crippen MR) is 133 cm³/mol. The van der Waals surface area contributed by atoms with Gasteiger partial charge >= 0.3 is 0 Å². The van der Waals surface area contributed by atoms with E-state index >= 15 is 0 Å². The molecule has 164 valence electrons. The van der Waals surface area contributed by atoms with E-state index < -0.39 is 0 Å². The van der Waals surface area contributed by atoms with Gasteiger partial charge in [0.2, 0.25) is 0 Å². The van der Waals surface area contributed by atoms with Crippen LogP contribution in [-0.4, -0.2) is 31.6 Å². The quantitative estimate of drug-likeness (QED) is 0.408. The van der Waals surface area contributed by atoms with Crippen molar-refractivity contribution in [2.45, 2.75) is 27.3 Å². The molecule has 0 spiro atoms. The number of rotatable bonds is 7. The largest absolute Gasteiger partial charge is 0.366 e. The minimum absolute atomic E-state index is 0.612. The predicted octanol–water partition coefficient (Wildman–Crippen LogP) is 5.06. The maximum atomic E-state index is 4.70. The average molecular weight is 436 g/mol. The summed E-state index contributed by atoms with van der Waals surface area (Å²) in [6, 6.07) is 8.13. The van der Waals surface area contributed by atoms with Crippen molar-refractivity contribution in [3.63, 3.8) is 0 Å². The van der Waals surface area contributed by atoms with E-state index in [0.717, 1.165) is 45.0 Å². The van der Waals surface area contributed by atoms with E-state index in [1.54, 1.807) is 24.8 Å². The van der Waals surface area contributed by atoms with Gasteiger partial charge in [0.05, 0.1) is 17.6 Å². The second-order valence-electron chi connectivity index (χ2n) is 7.70. The molecule has 7 heteroatoms. The number of hydrogen-bond acceptors (Lipinski definition) is 7. The number of aryl methyl sites for hydroxylation is 2. The molecule has 4 aromatic rings. The molecule has 0 saturated carbocycles. The fraction of sp³-hybridized carbons (Fsp3) is 0.154. The molecule has 33 heavy (non-hydrogen) atoms. The van der Waals surface area contributed by atoms with E-state index in [2.05, 4.69) is 50.0 Å². The van der Waals surface area contributed by atoms with Crippen LogP contribution >= 0.6 is 0 Å². The van der Waals surface area contributed by atoms with E-state index in [9.17, 15) is 0 Å². The van der Waals surface area contributed by atoms with E-state index in [-0.39, 0.29) is 0 Å². The number of nitrogens with zero attached hydrogens (tertiary/aromatic N) is 6. The van der Waals surface area contributed by atoms with Crippen LogP contribution in [0.4, 0.5) is 5.82 Å². The molecule has 0 aliphatic carbocycles. The van der Waals surface area contributed by atoms with E-state index in [4.69, 9.17) is 4.98 Å². The second kappa shape index (κ2) is 9.91. The minimum Gasteiger partial charge on any atom is -0.366 e. The van der Waals surface area contributed by atoms with Crippen molar-refractivity contribution in [3.05, 3.63) is 95.1 Å². The van der Waals surface area contributed by atoms with Gasteiger partial charge < -0.3 is 5.32 Å². The summed E-state index contributed by atoms with van der Waals surface area (Å²) in [7, 11) is 0. The molecule has 0 saturated heterocycles. The molecular formula is C26H25N7. The topological polar surface area (TPSA) is 88.8 Å². The maximum Gasteiger partial charge on any atom is 0.129 e. The fourth-order valence-corrected chi connectivity index (χ4v) is 3.58. The third kappa shape index (κ3) is 5.15. The molecule has 7 nitrogen and oxygen atoms in total. The lowest BCUT2D eigenvalue weighted by molar-refractivity contribution is 1.07. The van der Waals surface area contributed by atoms with Gasteiger partial charge in [0.1, 0.15) is 11.5 Å². The fourth-order valence-electron chi connectivity index (χ4n) is 3.58. The van der Waals surface area contributed by atoms with Crippen molar-refractivity contribution >= 4 is 24.3 Å². The van der Waals surface area contributed by atoms with E-state index in [0.29, 0.717) is 17.9 Å². The zero-order valence-corrected chi connectivity index (χ0v) is 18.9. The minimum atomic E-state index is 0.612. The van der Waals surface area contributed by atoms with Gasteiger partial charge in [-0.25, -0.2) is 4.98 Å². The molecule has 1 N–H and O–H groups in total. The Labute approximate surface area is 193 Å². The number of hydrogen-bond donors (Lipinski definition) is 1. The standard InChI is InChI=1S/C26H25N7/c1-17-11-20(14-32-25(17)22-6-7-29-18(2)12-22)15-33-26-19(3)21(5-8-31-26)13-23(27-4)24-16-28-9-10-30-24/h5-14,16H,4,15H2,1-3H3,(H,31,33)/b23-13-. The Balaban J connectivity index is 1.53. The monoisotopic (exact) mass is 435 g/mol. The van der Waals surface area contributed by atoms with Crippen LogP contribution in [0.1, 0.15) is 33.6 Å². The van der Waals surface area contributed by atoms with Gasteiger partial charge in [-0.05, 0) is 74.0 Å². The molecule has 0 atom stereocenters. The highest BCUT2D eigenvalue weighted by Gasteiger charge is 2.09. The van der Waals surface area contributed by atoms with Crippen molar-refractivity contribution < 1.29 is 0 Å². The summed E-state index contributed by atoms with van der Waals surface area (Å²) in [6.07, 6.45) is 12.4. The molecule has 0 fully saturated rings. The molecule has 0 aromatic carbocycles. The van der Waals surface area contributed by atoms with Crippen LogP contribution in [0.25, 0.3) is 23.0 Å². The Morgan fingerprint density at radius 2 is 1.82 bits per heavy atom. The Hall–Kier alpha value is -4.26. The van der Waals surface area contributed by atoms with Gasteiger partial charge in [0.25, 0.3) is 0 Å². The summed E-state index contributed by atoms with van der Waals surface area (Å²) in [5.74, 6) is 0.804. The highest BCUT2D eigenvalue weighted by Crippen LogP contribution is 2.24. The van der Waals surface area contributed by atoms with Gasteiger partial charge in [-0.3, -0.25) is 24.9 Å². The number of anilines is 1. The van der Waals surface area contributed by atoms with Crippen molar-refractivity contribution in [3.8, 4) is 11.3 Å². The first-order valence-corrected chi connectivity index (χ1v) is 10.6. The van der Waals surface area contributed by atoms with E-state index in [1.165, 1.54) is 0 Å². The van der Waals surface area contributed by atoms with Gasteiger partial charge in [0, 0.05) is 48.8 Å². The molecule has 4 heterocycles. The van der Waals surface area contributed by atoms with Crippen LogP contribution in [0.3, 0.4) is 0 Å². The highest BCUT2D eigenvalue weighted by molar-refractivity contribution is 5.82. The second-order valence-corrected chi connectivity index (χ2v) is 7.70. The number of aromatic nitrogens is 5. The summed E-state index contributed by atoms with van der Waals surface area (Å²) >= 11 is 0. The number of nitrogens with one attached hydrogen (secondary N) is 1. The summed E-state index contributed by atoms with van der Waals surface area (Å²) in [5.41, 5.74) is 8.54. The molecule has 4 aromatic heterocycles. The first-order valence-electron chi connectivity index (χ1n) is 10.6. The lowest BCUT2D eigenvalue weighted by Gasteiger charge is -2.12. The van der Waals surface area contributed by atoms with Crippen molar-refractivity contribution in [2.75, 3.05) is 5.32 Å². The Morgan fingerprint density at radius 1 is 0.970 bits per heavy atom. The first kappa shape index (κ1) is 22.0. The van der Waals surface area contributed by atoms with Gasteiger partial charge in [0.15, 0.2) is 0 Å². The number of pyridine rings is 3. The normalized spacial score (nSPS) is 11.3. The third-order valence-corrected chi connectivity index (χ3v) is 5.30. The smallest absolute Gasteiger partial charge is 0.129 e. The zero-order valence-electron chi connectivity index (χ0n) is 18.9. The van der Waals surface area contributed by atoms with Crippen LogP contribution in [0.5, 0.6) is 0 Å². The van der Waals surface area contributed by atoms with Crippen molar-refractivity contribution in [1.82, 2.24) is 24.9 Å². The van der Waals surface area contributed by atoms with Gasteiger partial charge in [-0.15, -0.1) is 0 Å². The third-order valence-electron chi connectivity index (χ3n) is 5.30. The van der Waals surface area contributed by atoms with E-state index in [1.807, 2.05) is 50.5 Å². The summed E-state index contributed by atoms with van der Waals surface area (Å²) < 4.78 is 0.